The van der Waals surface area contributed by atoms with E-state index in [1.54, 1.807) is 29.2 Å². The quantitative estimate of drug-likeness (QED) is 0.838. The molecule has 3 rings (SSSR count). The van der Waals surface area contributed by atoms with Crippen molar-refractivity contribution in [1.82, 2.24) is 9.47 Å². The number of β-amino-alcohol motifs (C(OH)–C–C–N with tert-alkyl or cyclic N) is 1. The van der Waals surface area contributed by atoms with Crippen molar-refractivity contribution in [2.24, 2.45) is 0 Å². The molecule has 6 heteroatoms. The molecule has 0 saturated carbocycles. The van der Waals surface area contributed by atoms with Gasteiger partial charge in [-0.1, -0.05) is 12.1 Å². The van der Waals surface area contributed by atoms with Crippen molar-refractivity contribution in [3.8, 4) is 0 Å². The molecule has 100 valence electrons. The van der Waals surface area contributed by atoms with E-state index in [0.29, 0.717) is 30.6 Å². The number of nitrogens with zero attached hydrogens (tertiary/aromatic N) is 2. The zero-order chi connectivity index (χ0) is 13.4. The number of aliphatic hydroxyl groups excluding tert-OH is 1. The van der Waals surface area contributed by atoms with E-state index in [9.17, 15) is 14.7 Å². The molecule has 1 aromatic carbocycles. The number of oxazole rings is 1. The first kappa shape index (κ1) is 12.0. The molecule has 0 unspecified atom stereocenters. The second-order valence-electron chi connectivity index (χ2n) is 4.70. The van der Waals surface area contributed by atoms with Crippen LogP contribution in [0.4, 0.5) is 0 Å². The Balaban J connectivity index is 1.87. The summed E-state index contributed by atoms with van der Waals surface area (Å²) >= 11 is 0. The van der Waals surface area contributed by atoms with Gasteiger partial charge in [-0.3, -0.25) is 9.36 Å². The smallest absolute Gasteiger partial charge is 0.408 e. The number of hydrogen-bond acceptors (Lipinski definition) is 4. The van der Waals surface area contributed by atoms with Crippen LogP contribution < -0.4 is 5.76 Å². The summed E-state index contributed by atoms with van der Waals surface area (Å²) in [6, 6.07) is 7.00. The second kappa shape index (κ2) is 4.55. The Bertz CT molecular complexity index is 673. The van der Waals surface area contributed by atoms with Crippen LogP contribution in [0.5, 0.6) is 0 Å². The van der Waals surface area contributed by atoms with E-state index >= 15 is 0 Å². The van der Waals surface area contributed by atoms with Gasteiger partial charge >= 0.3 is 5.76 Å². The molecule has 19 heavy (non-hydrogen) atoms. The molecule has 1 aromatic heterocycles. The number of likely N-dealkylation sites (tertiary alicyclic amines) is 1. The minimum Gasteiger partial charge on any atom is -0.408 e. The molecule has 1 aliphatic heterocycles. The summed E-state index contributed by atoms with van der Waals surface area (Å²) < 4.78 is 6.39. The van der Waals surface area contributed by atoms with Crippen molar-refractivity contribution in [1.29, 1.82) is 0 Å². The lowest BCUT2D eigenvalue weighted by Crippen LogP contribution is -2.34. The first-order chi connectivity index (χ1) is 9.15. The van der Waals surface area contributed by atoms with Crippen LogP contribution in [0.2, 0.25) is 0 Å². The number of amides is 1. The van der Waals surface area contributed by atoms with E-state index < -0.39 is 11.9 Å². The van der Waals surface area contributed by atoms with Crippen molar-refractivity contribution in [3.63, 3.8) is 0 Å². The molecule has 0 aliphatic carbocycles. The minimum absolute atomic E-state index is 0.0530. The van der Waals surface area contributed by atoms with E-state index in [1.165, 1.54) is 4.57 Å². The van der Waals surface area contributed by atoms with Gasteiger partial charge in [0.1, 0.15) is 6.54 Å². The van der Waals surface area contributed by atoms with E-state index in [1.807, 2.05) is 0 Å². The molecule has 0 spiro atoms. The van der Waals surface area contributed by atoms with E-state index in [-0.39, 0.29) is 12.5 Å². The molecule has 1 N–H and O–H groups in total. The highest BCUT2D eigenvalue weighted by atomic mass is 16.4. The standard InChI is InChI=1S/C13H14N2O4/c16-9-5-6-14(7-9)12(17)8-15-10-3-1-2-4-11(10)19-13(15)18/h1-4,9,16H,5-8H2/t9-/m1/s1. The Morgan fingerprint density at radius 1 is 1.42 bits per heavy atom. The first-order valence-electron chi connectivity index (χ1n) is 6.19. The van der Waals surface area contributed by atoms with Gasteiger partial charge in [-0.15, -0.1) is 0 Å². The fourth-order valence-corrected chi connectivity index (χ4v) is 2.37. The molecular formula is C13H14N2O4. The minimum atomic E-state index is -0.533. The molecule has 2 heterocycles. The van der Waals surface area contributed by atoms with E-state index in [2.05, 4.69) is 0 Å². The van der Waals surface area contributed by atoms with Crippen LogP contribution in [0.15, 0.2) is 33.5 Å². The largest absolute Gasteiger partial charge is 0.420 e. The van der Waals surface area contributed by atoms with Crippen LogP contribution in [0, 0.1) is 0 Å². The van der Waals surface area contributed by atoms with Crippen LogP contribution >= 0.6 is 0 Å². The molecule has 1 saturated heterocycles. The highest BCUT2D eigenvalue weighted by molar-refractivity contribution is 5.79. The normalized spacial score (nSPS) is 19.2. The Labute approximate surface area is 108 Å². The van der Waals surface area contributed by atoms with E-state index in [0.717, 1.165) is 0 Å². The average molecular weight is 262 g/mol. The number of fused-ring (bicyclic) bond motifs is 1. The number of rotatable bonds is 2. The molecule has 1 atom stereocenters. The molecule has 0 bridgehead atoms. The fraction of sp³-hybridized carbons (Fsp3) is 0.385. The molecule has 6 nitrogen and oxygen atoms in total. The summed E-state index contributed by atoms with van der Waals surface area (Å²) in [6.45, 7) is 0.816. The summed E-state index contributed by atoms with van der Waals surface area (Å²) in [5.41, 5.74) is 1.09. The summed E-state index contributed by atoms with van der Waals surface area (Å²) in [5.74, 6) is -0.709. The molecular weight excluding hydrogens is 248 g/mol. The molecule has 1 aliphatic rings. The Morgan fingerprint density at radius 3 is 2.95 bits per heavy atom. The highest BCUT2D eigenvalue weighted by Gasteiger charge is 2.25. The number of benzene rings is 1. The average Bonchev–Trinajstić information content (AvgIpc) is 2.95. The maximum Gasteiger partial charge on any atom is 0.420 e. The van der Waals surface area contributed by atoms with Crippen molar-refractivity contribution < 1.29 is 14.3 Å². The van der Waals surface area contributed by atoms with Gasteiger partial charge in [-0.05, 0) is 18.6 Å². The van der Waals surface area contributed by atoms with Crippen LogP contribution in [-0.2, 0) is 11.3 Å². The zero-order valence-electron chi connectivity index (χ0n) is 10.3. The maximum absolute atomic E-state index is 12.1. The topological polar surface area (TPSA) is 75.7 Å². The first-order valence-corrected chi connectivity index (χ1v) is 6.19. The van der Waals surface area contributed by atoms with Gasteiger partial charge in [-0.25, -0.2) is 4.79 Å². The summed E-state index contributed by atoms with van der Waals surface area (Å²) in [7, 11) is 0. The van der Waals surface area contributed by atoms with Gasteiger partial charge in [0.2, 0.25) is 5.91 Å². The third kappa shape index (κ3) is 2.15. The zero-order valence-corrected chi connectivity index (χ0v) is 10.3. The van der Waals surface area contributed by atoms with Gasteiger partial charge in [0.25, 0.3) is 0 Å². The van der Waals surface area contributed by atoms with Gasteiger partial charge in [0, 0.05) is 13.1 Å². The Morgan fingerprint density at radius 2 is 2.21 bits per heavy atom. The lowest BCUT2D eigenvalue weighted by molar-refractivity contribution is -0.131. The summed E-state index contributed by atoms with van der Waals surface area (Å²) in [4.78, 5) is 25.4. The van der Waals surface area contributed by atoms with Crippen molar-refractivity contribution in [3.05, 3.63) is 34.8 Å². The Kier molecular flexibility index (Phi) is 2.87. The number of aliphatic hydroxyl groups is 1. The lowest BCUT2D eigenvalue weighted by Gasteiger charge is -2.15. The third-order valence-corrected chi connectivity index (χ3v) is 3.38. The van der Waals surface area contributed by atoms with Gasteiger partial charge in [-0.2, -0.15) is 0 Å². The number of carbonyl (C=O) groups excluding carboxylic acids is 1. The molecule has 2 aromatic rings. The number of carbonyl (C=O) groups is 1. The second-order valence-corrected chi connectivity index (χ2v) is 4.70. The van der Waals surface area contributed by atoms with Crippen LogP contribution in [0.1, 0.15) is 6.42 Å². The summed E-state index contributed by atoms with van der Waals surface area (Å²) in [6.07, 6.45) is 0.133. The molecule has 1 amide bonds. The fourth-order valence-electron chi connectivity index (χ4n) is 2.37. The Hall–Kier alpha value is -2.08. The highest BCUT2D eigenvalue weighted by Crippen LogP contribution is 2.13. The van der Waals surface area contributed by atoms with Crippen molar-refractivity contribution in [2.75, 3.05) is 13.1 Å². The van der Waals surface area contributed by atoms with Gasteiger partial charge < -0.3 is 14.4 Å². The predicted octanol–water partition coefficient (Wildman–Crippen LogP) is 0.188. The maximum atomic E-state index is 12.1. The summed E-state index contributed by atoms with van der Waals surface area (Å²) in [5, 5.41) is 9.42. The van der Waals surface area contributed by atoms with Gasteiger partial charge in [0.15, 0.2) is 5.58 Å². The molecule has 1 fully saturated rings. The van der Waals surface area contributed by atoms with Crippen LogP contribution in [0.3, 0.4) is 0 Å². The monoisotopic (exact) mass is 262 g/mol. The number of hydrogen-bond donors (Lipinski definition) is 1. The number of aromatic nitrogens is 1. The predicted molar refractivity (Wildman–Crippen MR) is 67.7 cm³/mol. The van der Waals surface area contributed by atoms with Crippen LogP contribution in [0.25, 0.3) is 11.1 Å². The van der Waals surface area contributed by atoms with Crippen molar-refractivity contribution >= 4 is 17.0 Å². The van der Waals surface area contributed by atoms with Crippen molar-refractivity contribution in [2.45, 2.75) is 19.1 Å². The van der Waals surface area contributed by atoms with E-state index in [4.69, 9.17) is 4.42 Å². The third-order valence-electron chi connectivity index (χ3n) is 3.38. The lowest BCUT2D eigenvalue weighted by atomic mass is 10.3. The van der Waals surface area contributed by atoms with Gasteiger partial charge in [0.05, 0.1) is 11.6 Å². The SMILES string of the molecule is O=C(Cn1c(=O)oc2ccccc21)N1CC[C@@H](O)C1. The number of para-hydroxylation sites is 2. The van der Waals surface area contributed by atoms with Crippen LogP contribution in [-0.4, -0.2) is 39.7 Å². The molecule has 0 radical (unpaired) electrons.